The Kier molecular flexibility index (Phi) is 4.22. The van der Waals surface area contributed by atoms with Gasteiger partial charge in [-0.15, -0.1) is 11.3 Å². The monoisotopic (exact) mass is 314 g/mol. The SMILES string of the molecule is CC(=O)c1sc(NCc2ccc(C(F)(F)F)cc2)cc1N. The van der Waals surface area contributed by atoms with E-state index in [1.807, 2.05) is 0 Å². The minimum atomic E-state index is -4.33. The fourth-order valence-electron chi connectivity index (χ4n) is 1.77. The molecule has 0 atom stereocenters. The zero-order chi connectivity index (χ0) is 15.6. The number of hydrogen-bond donors (Lipinski definition) is 2. The van der Waals surface area contributed by atoms with Crippen molar-refractivity contribution in [2.75, 3.05) is 11.1 Å². The van der Waals surface area contributed by atoms with Crippen LogP contribution in [0.2, 0.25) is 0 Å². The molecular formula is C14H13F3N2OS. The summed E-state index contributed by atoms with van der Waals surface area (Å²) in [4.78, 5) is 11.8. The lowest BCUT2D eigenvalue weighted by molar-refractivity contribution is -0.137. The summed E-state index contributed by atoms with van der Waals surface area (Å²) in [6.45, 7) is 1.79. The van der Waals surface area contributed by atoms with E-state index in [1.54, 1.807) is 6.07 Å². The number of benzene rings is 1. The van der Waals surface area contributed by atoms with Crippen LogP contribution in [0.3, 0.4) is 0 Å². The summed E-state index contributed by atoms with van der Waals surface area (Å²) in [5, 5.41) is 3.75. The van der Waals surface area contributed by atoms with Crippen molar-refractivity contribution >= 4 is 27.8 Å². The number of halogens is 3. The maximum absolute atomic E-state index is 12.4. The molecule has 0 radical (unpaired) electrons. The fraction of sp³-hybridized carbons (Fsp3) is 0.214. The van der Waals surface area contributed by atoms with Crippen LogP contribution in [0.25, 0.3) is 0 Å². The number of carbonyl (C=O) groups excluding carboxylic acids is 1. The third kappa shape index (κ3) is 3.75. The molecule has 0 unspecified atom stereocenters. The van der Waals surface area contributed by atoms with Crippen molar-refractivity contribution in [3.8, 4) is 0 Å². The Hall–Kier alpha value is -2.02. The van der Waals surface area contributed by atoms with Crippen LogP contribution in [0.15, 0.2) is 30.3 Å². The fourth-order valence-corrected chi connectivity index (χ4v) is 2.64. The lowest BCUT2D eigenvalue weighted by Crippen LogP contribution is -2.05. The van der Waals surface area contributed by atoms with Crippen LogP contribution in [0, 0.1) is 0 Å². The number of thiophene rings is 1. The Bertz CT molecular complexity index is 647. The summed E-state index contributed by atoms with van der Waals surface area (Å²) < 4.78 is 37.3. The van der Waals surface area contributed by atoms with Crippen molar-refractivity contribution in [3.63, 3.8) is 0 Å². The molecule has 0 bridgehead atoms. The van der Waals surface area contributed by atoms with Crippen molar-refractivity contribution in [3.05, 3.63) is 46.3 Å². The second-order valence-corrected chi connectivity index (χ2v) is 5.55. The molecule has 7 heteroatoms. The maximum atomic E-state index is 12.4. The van der Waals surface area contributed by atoms with Crippen LogP contribution in [0.1, 0.15) is 27.7 Å². The molecule has 0 fully saturated rings. The van der Waals surface area contributed by atoms with E-state index in [0.29, 0.717) is 27.7 Å². The van der Waals surface area contributed by atoms with Crippen LogP contribution in [0.4, 0.5) is 23.9 Å². The Labute approximate surface area is 123 Å². The van der Waals surface area contributed by atoms with Crippen molar-refractivity contribution in [1.29, 1.82) is 0 Å². The normalized spacial score (nSPS) is 11.4. The summed E-state index contributed by atoms with van der Waals surface area (Å²) in [6.07, 6.45) is -4.33. The average Bonchev–Trinajstić information content (AvgIpc) is 2.77. The highest BCUT2D eigenvalue weighted by atomic mass is 32.1. The molecule has 0 saturated carbocycles. The molecule has 2 aromatic rings. The number of nitrogen functional groups attached to an aromatic ring is 1. The lowest BCUT2D eigenvalue weighted by atomic mass is 10.1. The number of hydrogen-bond acceptors (Lipinski definition) is 4. The standard InChI is InChI=1S/C14H13F3N2OS/c1-8(20)13-11(18)6-12(21-13)19-7-9-2-4-10(5-3-9)14(15,16)17/h2-6,19H,7,18H2,1H3. The van der Waals surface area contributed by atoms with Crippen molar-refractivity contribution in [1.82, 2.24) is 0 Å². The molecule has 0 aliphatic rings. The van der Waals surface area contributed by atoms with Gasteiger partial charge in [-0.2, -0.15) is 13.2 Å². The number of rotatable bonds is 4. The molecule has 1 aromatic heterocycles. The second-order valence-electron chi connectivity index (χ2n) is 4.50. The van der Waals surface area contributed by atoms with E-state index in [0.717, 1.165) is 12.1 Å². The first-order chi connectivity index (χ1) is 9.77. The highest BCUT2D eigenvalue weighted by Crippen LogP contribution is 2.31. The van der Waals surface area contributed by atoms with Crippen LogP contribution < -0.4 is 11.1 Å². The van der Waals surface area contributed by atoms with E-state index < -0.39 is 11.7 Å². The third-order valence-corrected chi connectivity index (χ3v) is 4.04. The first-order valence-corrected chi connectivity index (χ1v) is 6.89. The summed E-state index contributed by atoms with van der Waals surface area (Å²) >= 11 is 1.23. The minimum absolute atomic E-state index is 0.111. The molecule has 2 rings (SSSR count). The van der Waals surface area contributed by atoms with Gasteiger partial charge in [0.2, 0.25) is 0 Å². The largest absolute Gasteiger partial charge is 0.416 e. The van der Waals surface area contributed by atoms with Gasteiger partial charge in [-0.3, -0.25) is 4.79 Å². The van der Waals surface area contributed by atoms with Gasteiger partial charge in [0.05, 0.1) is 21.1 Å². The van der Waals surface area contributed by atoms with Crippen molar-refractivity contribution in [2.24, 2.45) is 0 Å². The summed E-state index contributed by atoms with van der Waals surface area (Å²) in [6, 6.07) is 6.56. The number of nitrogens with one attached hydrogen (secondary N) is 1. The molecule has 112 valence electrons. The molecule has 1 aromatic carbocycles. The number of alkyl halides is 3. The van der Waals surface area contributed by atoms with Crippen LogP contribution in [-0.2, 0) is 12.7 Å². The van der Waals surface area contributed by atoms with E-state index in [2.05, 4.69) is 5.32 Å². The zero-order valence-corrected chi connectivity index (χ0v) is 11.9. The predicted molar refractivity (Wildman–Crippen MR) is 77.5 cm³/mol. The highest BCUT2D eigenvalue weighted by molar-refractivity contribution is 7.18. The number of anilines is 2. The van der Waals surface area contributed by atoms with Crippen LogP contribution in [-0.4, -0.2) is 5.78 Å². The average molecular weight is 314 g/mol. The molecule has 0 aliphatic carbocycles. The summed E-state index contributed by atoms with van der Waals surface area (Å²) in [5.41, 5.74) is 6.14. The third-order valence-electron chi connectivity index (χ3n) is 2.83. The smallest absolute Gasteiger partial charge is 0.397 e. The molecule has 0 amide bonds. The van der Waals surface area contributed by atoms with Crippen molar-refractivity contribution in [2.45, 2.75) is 19.6 Å². The van der Waals surface area contributed by atoms with E-state index >= 15 is 0 Å². The number of nitrogens with two attached hydrogens (primary N) is 1. The molecule has 3 N–H and O–H groups in total. The number of ketones is 1. The molecular weight excluding hydrogens is 301 g/mol. The Balaban J connectivity index is 2.03. The Morgan fingerprint density at radius 2 is 1.90 bits per heavy atom. The lowest BCUT2D eigenvalue weighted by Gasteiger charge is -2.08. The summed E-state index contributed by atoms with van der Waals surface area (Å²) in [7, 11) is 0. The van der Waals surface area contributed by atoms with Gasteiger partial charge >= 0.3 is 6.18 Å². The first kappa shape index (κ1) is 15.4. The van der Waals surface area contributed by atoms with Crippen molar-refractivity contribution < 1.29 is 18.0 Å². The quantitative estimate of drug-likeness (QED) is 0.833. The number of carbonyl (C=O) groups is 1. The van der Waals surface area contributed by atoms with Gasteiger partial charge in [0.1, 0.15) is 0 Å². The molecule has 0 spiro atoms. The van der Waals surface area contributed by atoms with Gasteiger partial charge in [-0.25, -0.2) is 0 Å². The molecule has 3 nitrogen and oxygen atoms in total. The topological polar surface area (TPSA) is 55.1 Å². The van der Waals surface area contributed by atoms with Gasteiger partial charge in [0.25, 0.3) is 0 Å². The van der Waals surface area contributed by atoms with Gasteiger partial charge in [-0.05, 0) is 23.8 Å². The zero-order valence-electron chi connectivity index (χ0n) is 11.1. The van der Waals surface area contributed by atoms with E-state index in [9.17, 15) is 18.0 Å². The molecule has 1 heterocycles. The predicted octanol–water partition coefficient (Wildman–Crippen LogP) is 4.16. The summed E-state index contributed by atoms with van der Waals surface area (Å²) in [5.74, 6) is -0.111. The molecule has 0 aliphatic heterocycles. The van der Waals surface area contributed by atoms with Gasteiger partial charge in [-0.1, -0.05) is 12.1 Å². The van der Waals surface area contributed by atoms with Gasteiger partial charge in [0.15, 0.2) is 5.78 Å². The molecule has 21 heavy (non-hydrogen) atoms. The van der Waals surface area contributed by atoms with Gasteiger partial charge < -0.3 is 11.1 Å². The van der Waals surface area contributed by atoms with E-state index in [-0.39, 0.29) is 5.78 Å². The Morgan fingerprint density at radius 1 is 1.29 bits per heavy atom. The minimum Gasteiger partial charge on any atom is -0.397 e. The van der Waals surface area contributed by atoms with Gasteiger partial charge in [0, 0.05) is 13.5 Å². The van der Waals surface area contributed by atoms with E-state index in [4.69, 9.17) is 5.73 Å². The number of Topliss-reactive ketones (excluding diaryl/α,β-unsaturated/α-hetero) is 1. The maximum Gasteiger partial charge on any atom is 0.416 e. The Morgan fingerprint density at radius 3 is 2.38 bits per heavy atom. The molecule has 0 saturated heterocycles. The van der Waals surface area contributed by atoms with E-state index in [1.165, 1.54) is 30.4 Å². The van der Waals surface area contributed by atoms with Crippen LogP contribution in [0.5, 0.6) is 0 Å². The first-order valence-electron chi connectivity index (χ1n) is 6.07. The second kappa shape index (κ2) is 5.77. The van der Waals surface area contributed by atoms with Crippen LogP contribution >= 0.6 is 11.3 Å². The highest BCUT2D eigenvalue weighted by Gasteiger charge is 2.29.